The molecule has 23 heavy (non-hydrogen) atoms. The Hall–Kier alpha value is -2.13. The SMILES string of the molecule is CN1CCCN(C(=O)c2ccccc2Cc2ccccc2)CC1. The molecule has 0 spiro atoms. The highest BCUT2D eigenvalue weighted by Gasteiger charge is 2.20. The van der Waals surface area contributed by atoms with Gasteiger partial charge in [-0.05, 0) is 43.6 Å². The molecule has 0 atom stereocenters. The number of carbonyl (C=O) groups excluding carboxylic acids is 1. The Kier molecular flexibility index (Phi) is 5.09. The van der Waals surface area contributed by atoms with E-state index in [-0.39, 0.29) is 5.91 Å². The summed E-state index contributed by atoms with van der Waals surface area (Å²) in [6.45, 7) is 3.68. The average molecular weight is 308 g/mol. The quantitative estimate of drug-likeness (QED) is 0.870. The Balaban J connectivity index is 1.80. The van der Waals surface area contributed by atoms with Crippen molar-refractivity contribution in [2.75, 3.05) is 33.2 Å². The fourth-order valence-electron chi connectivity index (χ4n) is 3.12. The van der Waals surface area contributed by atoms with Crippen LogP contribution in [-0.4, -0.2) is 48.9 Å². The summed E-state index contributed by atoms with van der Waals surface area (Å²) in [5.41, 5.74) is 3.20. The zero-order valence-corrected chi connectivity index (χ0v) is 13.7. The minimum atomic E-state index is 0.173. The molecule has 1 fully saturated rings. The summed E-state index contributed by atoms with van der Waals surface area (Å²) >= 11 is 0. The van der Waals surface area contributed by atoms with Gasteiger partial charge < -0.3 is 9.80 Å². The van der Waals surface area contributed by atoms with Crippen LogP contribution in [-0.2, 0) is 6.42 Å². The van der Waals surface area contributed by atoms with Crippen molar-refractivity contribution in [2.24, 2.45) is 0 Å². The molecule has 0 aromatic heterocycles. The highest BCUT2D eigenvalue weighted by Crippen LogP contribution is 2.17. The van der Waals surface area contributed by atoms with Crippen molar-refractivity contribution >= 4 is 5.91 Å². The van der Waals surface area contributed by atoms with Crippen molar-refractivity contribution in [1.29, 1.82) is 0 Å². The zero-order chi connectivity index (χ0) is 16.1. The summed E-state index contributed by atoms with van der Waals surface area (Å²) in [6.07, 6.45) is 1.85. The molecular weight excluding hydrogens is 284 g/mol. The van der Waals surface area contributed by atoms with E-state index < -0.39 is 0 Å². The van der Waals surface area contributed by atoms with Crippen LogP contribution in [0.3, 0.4) is 0 Å². The van der Waals surface area contributed by atoms with Gasteiger partial charge in [0.15, 0.2) is 0 Å². The first kappa shape index (κ1) is 15.8. The zero-order valence-electron chi connectivity index (χ0n) is 13.7. The summed E-state index contributed by atoms with van der Waals surface area (Å²) in [6, 6.07) is 18.4. The second-order valence-corrected chi connectivity index (χ2v) is 6.27. The van der Waals surface area contributed by atoms with Gasteiger partial charge in [0, 0.05) is 25.2 Å². The number of nitrogens with zero attached hydrogens (tertiary/aromatic N) is 2. The molecule has 1 aliphatic rings. The van der Waals surface area contributed by atoms with E-state index in [4.69, 9.17) is 0 Å². The van der Waals surface area contributed by atoms with Crippen molar-refractivity contribution in [3.8, 4) is 0 Å². The largest absolute Gasteiger partial charge is 0.337 e. The van der Waals surface area contributed by atoms with E-state index in [2.05, 4.69) is 30.1 Å². The minimum Gasteiger partial charge on any atom is -0.337 e. The normalized spacial score (nSPS) is 16.1. The molecule has 0 radical (unpaired) electrons. The summed E-state index contributed by atoms with van der Waals surface area (Å²) in [7, 11) is 2.12. The van der Waals surface area contributed by atoms with E-state index in [0.29, 0.717) is 0 Å². The molecule has 3 rings (SSSR count). The molecule has 0 unspecified atom stereocenters. The van der Waals surface area contributed by atoms with Gasteiger partial charge in [-0.25, -0.2) is 0 Å². The molecule has 1 aliphatic heterocycles. The number of benzene rings is 2. The lowest BCUT2D eigenvalue weighted by Crippen LogP contribution is -2.35. The van der Waals surface area contributed by atoms with Crippen LogP contribution in [0, 0.1) is 0 Å². The van der Waals surface area contributed by atoms with Gasteiger partial charge in [-0.15, -0.1) is 0 Å². The van der Waals surface area contributed by atoms with E-state index >= 15 is 0 Å². The maximum absolute atomic E-state index is 13.0. The van der Waals surface area contributed by atoms with Crippen molar-refractivity contribution in [3.05, 3.63) is 71.3 Å². The van der Waals surface area contributed by atoms with Crippen LogP contribution in [0.15, 0.2) is 54.6 Å². The molecule has 0 N–H and O–H groups in total. The molecule has 3 nitrogen and oxygen atoms in total. The molecule has 1 heterocycles. The lowest BCUT2D eigenvalue weighted by atomic mass is 9.99. The summed E-state index contributed by atoms with van der Waals surface area (Å²) in [4.78, 5) is 17.3. The van der Waals surface area contributed by atoms with Gasteiger partial charge in [0.2, 0.25) is 0 Å². The smallest absolute Gasteiger partial charge is 0.254 e. The van der Waals surface area contributed by atoms with Gasteiger partial charge >= 0.3 is 0 Å². The van der Waals surface area contributed by atoms with Crippen LogP contribution in [0.1, 0.15) is 27.9 Å². The van der Waals surface area contributed by atoms with Crippen LogP contribution >= 0.6 is 0 Å². The number of carbonyl (C=O) groups is 1. The number of rotatable bonds is 3. The predicted octanol–water partition coefficient (Wildman–Crippen LogP) is 3.06. The van der Waals surface area contributed by atoms with Crippen molar-refractivity contribution in [3.63, 3.8) is 0 Å². The van der Waals surface area contributed by atoms with Gasteiger partial charge in [-0.1, -0.05) is 48.5 Å². The highest BCUT2D eigenvalue weighted by atomic mass is 16.2. The fourth-order valence-corrected chi connectivity index (χ4v) is 3.12. The number of likely N-dealkylation sites (N-methyl/N-ethyl adjacent to an activating group) is 1. The number of amides is 1. The van der Waals surface area contributed by atoms with Gasteiger partial charge in [0.1, 0.15) is 0 Å². The number of hydrogen-bond donors (Lipinski definition) is 0. The van der Waals surface area contributed by atoms with Gasteiger partial charge in [0.25, 0.3) is 5.91 Å². The van der Waals surface area contributed by atoms with E-state index in [1.54, 1.807) is 0 Å². The molecule has 2 aromatic carbocycles. The highest BCUT2D eigenvalue weighted by molar-refractivity contribution is 5.95. The third kappa shape index (κ3) is 3.99. The second-order valence-electron chi connectivity index (χ2n) is 6.27. The fraction of sp³-hybridized carbons (Fsp3) is 0.350. The Labute approximate surface area is 138 Å². The lowest BCUT2D eigenvalue weighted by molar-refractivity contribution is 0.0762. The van der Waals surface area contributed by atoms with Crippen LogP contribution < -0.4 is 0 Å². The standard InChI is InChI=1S/C20H24N2O/c1-21-12-7-13-22(15-14-21)20(23)19-11-6-5-10-18(19)16-17-8-3-2-4-9-17/h2-6,8-11H,7,12-16H2,1H3. The van der Waals surface area contributed by atoms with E-state index in [9.17, 15) is 4.79 Å². The minimum absolute atomic E-state index is 0.173. The molecule has 3 heteroatoms. The van der Waals surface area contributed by atoms with Crippen LogP contribution in [0.5, 0.6) is 0 Å². The molecule has 1 saturated heterocycles. The summed E-state index contributed by atoms with van der Waals surface area (Å²) in [5.74, 6) is 0.173. The van der Waals surface area contributed by atoms with E-state index in [0.717, 1.165) is 50.1 Å². The lowest BCUT2D eigenvalue weighted by Gasteiger charge is -2.22. The monoisotopic (exact) mass is 308 g/mol. The van der Waals surface area contributed by atoms with E-state index in [1.807, 2.05) is 41.3 Å². The van der Waals surface area contributed by atoms with Crippen LogP contribution in [0.2, 0.25) is 0 Å². The summed E-state index contributed by atoms with van der Waals surface area (Å²) in [5, 5.41) is 0. The van der Waals surface area contributed by atoms with Crippen molar-refractivity contribution < 1.29 is 4.79 Å². The first-order valence-electron chi connectivity index (χ1n) is 8.33. The van der Waals surface area contributed by atoms with Gasteiger partial charge in [0.05, 0.1) is 0 Å². The maximum Gasteiger partial charge on any atom is 0.254 e. The Morgan fingerprint density at radius 3 is 2.48 bits per heavy atom. The first-order valence-corrected chi connectivity index (χ1v) is 8.33. The van der Waals surface area contributed by atoms with Crippen LogP contribution in [0.25, 0.3) is 0 Å². The number of hydrogen-bond acceptors (Lipinski definition) is 2. The summed E-state index contributed by atoms with van der Waals surface area (Å²) < 4.78 is 0. The van der Waals surface area contributed by atoms with Crippen molar-refractivity contribution in [2.45, 2.75) is 12.8 Å². The topological polar surface area (TPSA) is 23.6 Å². The Morgan fingerprint density at radius 1 is 0.913 bits per heavy atom. The third-order valence-electron chi connectivity index (χ3n) is 4.49. The average Bonchev–Trinajstić information content (AvgIpc) is 2.80. The Bertz CT molecular complexity index is 654. The van der Waals surface area contributed by atoms with E-state index in [1.165, 1.54) is 5.56 Å². The first-order chi connectivity index (χ1) is 11.2. The third-order valence-corrected chi connectivity index (χ3v) is 4.49. The molecular formula is C20H24N2O. The molecule has 0 bridgehead atoms. The second kappa shape index (κ2) is 7.42. The van der Waals surface area contributed by atoms with Gasteiger partial charge in [-0.3, -0.25) is 4.79 Å². The van der Waals surface area contributed by atoms with Crippen LogP contribution in [0.4, 0.5) is 0 Å². The molecule has 0 aliphatic carbocycles. The maximum atomic E-state index is 13.0. The Morgan fingerprint density at radius 2 is 1.65 bits per heavy atom. The predicted molar refractivity (Wildman–Crippen MR) is 93.7 cm³/mol. The van der Waals surface area contributed by atoms with Gasteiger partial charge in [-0.2, -0.15) is 0 Å². The molecule has 2 aromatic rings. The molecule has 1 amide bonds. The van der Waals surface area contributed by atoms with Crippen molar-refractivity contribution in [1.82, 2.24) is 9.80 Å². The molecule has 120 valence electrons. The molecule has 0 saturated carbocycles.